The number of anilines is 1. The van der Waals surface area contributed by atoms with E-state index in [1.54, 1.807) is 6.07 Å². The van der Waals surface area contributed by atoms with E-state index < -0.39 is 23.4 Å². The number of aromatic nitrogens is 3. The molecule has 0 aliphatic heterocycles. The Morgan fingerprint density at radius 2 is 1.70 bits per heavy atom. The summed E-state index contributed by atoms with van der Waals surface area (Å²) >= 11 is 0. The van der Waals surface area contributed by atoms with E-state index in [1.807, 2.05) is 0 Å². The van der Waals surface area contributed by atoms with Crippen LogP contribution < -0.4 is 25.3 Å². The molecule has 0 bridgehead atoms. The van der Waals surface area contributed by atoms with Gasteiger partial charge in [0, 0.05) is 30.1 Å². The normalized spacial score (nSPS) is 10.7. The predicted molar refractivity (Wildman–Crippen MR) is 131 cm³/mol. The Labute approximate surface area is 210 Å². The molecule has 190 valence electrons. The average molecular weight is 507 g/mol. The fourth-order valence-corrected chi connectivity index (χ4v) is 3.76. The van der Waals surface area contributed by atoms with E-state index in [2.05, 4.69) is 20.3 Å². The van der Waals surface area contributed by atoms with Crippen molar-refractivity contribution in [3.8, 4) is 28.9 Å². The lowest BCUT2D eigenvalue weighted by molar-refractivity contribution is 0.0996. The van der Waals surface area contributed by atoms with Crippen LogP contribution in [0.3, 0.4) is 0 Å². The van der Waals surface area contributed by atoms with Crippen molar-refractivity contribution in [2.24, 2.45) is 5.73 Å². The fraction of sp³-hybridized carbons (Fsp3) is 0.160. The van der Waals surface area contributed by atoms with Crippen molar-refractivity contribution < 1.29 is 33.3 Å². The lowest BCUT2D eigenvalue weighted by Crippen LogP contribution is -2.20. The van der Waals surface area contributed by atoms with Crippen molar-refractivity contribution in [1.82, 2.24) is 15.0 Å². The van der Waals surface area contributed by atoms with Crippen molar-refractivity contribution >= 4 is 28.5 Å². The number of benzene rings is 1. The number of nitrogens with zero attached hydrogens (tertiary/aromatic N) is 3. The Kier molecular flexibility index (Phi) is 6.74. The third-order valence-electron chi connectivity index (χ3n) is 5.44. The molecule has 4 rings (SSSR count). The molecule has 3 heterocycles. The Balaban J connectivity index is 1.62. The molecule has 4 N–H and O–H groups in total. The number of pyridine rings is 3. The zero-order valence-electron chi connectivity index (χ0n) is 20.2. The number of nitrogens with two attached hydrogens (primary N) is 1. The molecule has 0 atom stereocenters. The molecule has 11 nitrogen and oxygen atoms in total. The van der Waals surface area contributed by atoms with Crippen LogP contribution in [0.2, 0.25) is 0 Å². The Morgan fingerprint density at radius 3 is 2.35 bits per heavy atom. The topological polar surface area (TPSA) is 159 Å². The summed E-state index contributed by atoms with van der Waals surface area (Å²) in [5.74, 6) is -2.47. The second-order valence-corrected chi connectivity index (χ2v) is 7.82. The minimum Gasteiger partial charge on any atom is -0.506 e. The summed E-state index contributed by atoms with van der Waals surface area (Å²) in [5.41, 5.74) is 5.96. The number of amides is 2. The molecule has 4 aromatic rings. The molecular formula is C25H22FN5O6. The van der Waals surface area contributed by atoms with Gasteiger partial charge in [0.15, 0.2) is 23.1 Å². The number of nitrogens with one attached hydrogen (secondary N) is 1. The van der Waals surface area contributed by atoms with Gasteiger partial charge in [-0.25, -0.2) is 9.37 Å². The monoisotopic (exact) mass is 507 g/mol. The Hall–Kier alpha value is -5.00. The van der Waals surface area contributed by atoms with E-state index in [-0.39, 0.29) is 45.6 Å². The quantitative estimate of drug-likeness (QED) is 0.339. The smallest absolute Gasteiger partial charge is 0.261 e. The molecule has 1 aromatic carbocycles. The van der Waals surface area contributed by atoms with Crippen LogP contribution in [-0.2, 0) is 0 Å². The van der Waals surface area contributed by atoms with Crippen LogP contribution in [-0.4, -0.2) is 46.1 Å². The van der Waals surface area contributed by atoms with Gasteiger partial charge in [-0.1, -0.05) is 0 Å². The van der Waals surface area contributed by atoms with E-state index in [4.69, 9.17) is 19.9 Å². The molecule has 0 fully saturated rings. The number of methoxy groups -OCH3 is 2. The third kappa shape index (κ3) is 4.76. The fourth-order valence-electron chi connectivity index (χ4n) is 3.76. The maximum Gasteiger partial charge on any atom is 0.261 e. The minimum atomic E-state index is -0.932. The molecule has 0 spiro atoms. The van der Waals surface area contributed by atoms with Crippen LogP contribution >= 0.6 is 0 Å². The van der Waals surface area contributed by atoms with Crippen molar-refractivity contribution in [2.45, 2.75) is 13.8 Å². The summed E-state index contributed by atoms with van der Waals surface area (Å²) < 4.78 is 31.2. The lowest BCUT2D eigenvalue weighted by atomic mass is 10.0. The predicted octanol–water partition coefficient (Wildman–Crippen LogP) is 3.65. The van der Waals surface area contributed by atoms with Gasteiger partial charge >= 0.3 is 0 Å². The maximum absolute atomic E-state index is 15.0. The van der Waals surface area contributed by atoms with E-state index in [9.17, 15) is 19.1 Å². The number of hydrogen-bond donors (Lipinski definition) is 3. The molecule has 2 amide bonds. The van der Waals surface area contributed by atoms with Crippen molar-refractivity contribution in [3.63, 3.8) is 0 Å². The van der Waals surface area contributed by atoms with Crippen molar-refractivity contribution in [1.29, 1.82) is 0 Å². The van der Waals surface area contributed by atoms with E-state index in [0.29, 0.717) is 16.8 Å². The molecule has 0 aliphatic carbocycles. The molecule has 0 aliphatic rings. The first kappa shape index (κ1) is 25.1. The zero-order valence-corrected chi connectivity index (χ0v) is 20.2. The number of carbonyl (C=O) groups is 2. The summed E-state index contributed by atoms with van der Waals surface area (Å²) in [6, 6.07) is 6.88. The Bertz CT molecular complexity index is 1560. The van der Waals surface area contributed by atoms with Crippen LogP contribution in [0.4, 0.5) is 10.1 Å². The summed E-state index contributed by atoms with van der Waals surface area (Å²) in [7, 11) is 2.90. The van der Waals surface area contributed by atoms with Gasteiger partial charge in [0.05, 0.1) is 31.1 Å². The number of rotatable bonds is 7. The van der Waals surface area contributed by atoms with Crippen LogP contribution in [0.15, 0.2) is 36.5 Å². The molecular weight excluding hydrogens is 485 g/mol. The molecule has 3 aromatic heterocycles. The highest BCUT2D eigenvalue weighted by molar-refractivity contribution is 6.10. The van der Waals surface area contributed by atoms with Gasteiger partial charge in [0.1, 0.15) is 22.4 Å². The van der Waals surface area contributed by atoms with Gasteiger partial charge < -0.3 is 30.4 Å². The standard InChI is InChI=1S/C25H22FN5O6/c1-11-19(23(27)33)22(32)20(12(2)29-11)24(34)30-13-5-6-16(14(26)9-13)37-17-7-8-28-15-10-18(35-3)25(36-4)31-21(15)17/h5-10H,1-4H3,(H2,27,33)(H,29,32)(H,30,34). The highest BCUT2D eigenvalue weighted by atomic mass is 19.1. The van der Waals surface area contributed by atoms with Crippen LogP contribution in [0.25, 0.3) is 11.0 Å². The second kappa shape index (κ2) is 9.93. The van der Waals surface area contributed by atoms with E-state index in [1.165, 1.54) is 52.5 Å². The van der Waals surface area contributed by atoms with Gasteiger partial charge in [-0.3, -0.25) is 19.6 Å². The zero-order chi connectivity index (χ0) is 26.9. The van der Waals surface area contributed by atoms with Crippen LogP contribution in [0, 0.1) is 19.7 Å². The molecule has 0 saturated heterocycles. The van der Waals surface area contributed by atoms with Crippen LogP contribution in [0.1, 0.15) is 32.1 Å². The average Bonchev–Trinajstić information content (AvgIpc) is 2.84. The van der Waals surface area contributed by atoms with Gasteiger partial charge in [0.25, 0.3) is 17.7 Å². The molecule has 0 radical (unpaired) electrons. The number of hydrogen-bond acceptors (Lipinski definition) is 9. The SMILES string of the molecule is COc1cc2nccc(Oc3ccc(NC(=O)c4c(C)nc(C)c(C(N)=O)c4O)cc3F)c2nc1OC. The first-order valence-corrected chi connectivity index (χ1v) is 10.8. The first-order valence-electron chi connectivity index (χ1n) is 10.8. The Morgan fingerprint density at radius 1 is 0.973 bits per heavy atom. The number of aryl methyl sites for hydroxylation is 2. The second-order valence-electron chi connectivity index (χ2n) is 7.82. The number of fused-ring (bicyclic) bond motifs is 1. The number of carbonyl (C=O) groups excluding carboxylic acids is 2. The molecule has 37 heavy (non-hydrogen) atoms. The number of aromatic hydroxyl groups is 1. The van der Waals surface area contributed by atoms with Gasteiger partial charge in [-0.2, -0.15) is 0 Å². The van der Waals surface area contributed by atoms with Crippen LogP contribution in [0.5, 0.6) is 28.9 Å². The van der Waals surface area contributed by atoms with E-state index >= 15 is 0 Å². The van der Waals surface area contributed by atoms with Gasteiger partial charge in [-0.15, -0.1) is 0 Å². The van der Waals surface area contributed by atoms with E-state index in [0.717, 1.165) is 6.07 Å². The van der Waals surface area contributed by atoms with Crippen molar-refractivity contribution in [3.05, 3.63) is 64.9 Å². The number of halogens is 1. The molecule has 12 heteroatoms. The van der Waals surface area contributed by atoms with Gasteiger partial charge in [0.2, 0.25) is 0 Å². The number of primary amides is 1. The highest BCUT2D eigenvalue weighted by Crippen LogP contribution is 2.35. The van der Waals surface area contributed by atoms with Crippen molar-refractivity contribution in [2.75, 3.05) is 19.5 Å². The minimum absolute atomic E-state index is 0.0685. The summed E-state index contributed by atoms with van der Waals surface area (Å²) in [5, 5.41) is 12.9. The van der Waals surface area contributed by atoms with Gasteiger partial charge in [-0.05, 0) is 26.0 Å². The highest BCUT2D eigenvalue weighted by Gasteiger charge is 2.24. The molecule has 0 saturated carbocycles. The molecule has 0 unspecified atom stereocenters. The first-order chi connectivity index (χ1) is 17.6. The maximum atomic E-state index is 15.0. The summed E-state index contributed by atoms with van der Waals surface area (Å²) in [4.78, 5) is 37.2. The number of ether oxygens (including phenoxy) is 3. The largest absolute Gasteiger partial charge is 0.506 e. The summed E-state index contributed by atoms with van der Waals surface area (Å²) in [6.07, 6.45) is 1.47. The summed E-state index contributed by atoms with van der Waals surface area (Å²) in [6.45, 7) is 2.97. The third-order valence-corrected chi connectivity index (χ3v) is 5.44. The lowest BCUT2D eigenvalue weighted by Gasteiger charge is -2.14.